The van der Waals surface area contributed by atoms with Crippen molar-refractivity contribution in [2.75, 3.05) is 0 Å². The quantitative estimate of drug-likeness (QED) is 0.174. The van der Waals surface area contributed by atoms with Crippen molar-refractivity contribution in [2.24, 2.45) is 0 Å². The van der Waals surface area contributed by atoms with Gasteiger partial charge in [-0.3, -0.25) is 0 Å². The highest BCUT2D eigenvalue weighted by Gasteiger charge is 2.21. The highest BCUT2D eigenvalue weighted by atomic mass is 16.3. The van der Waals surface area contributed by atoms with Crippen LogP contribution in [0.25, 0.3) is 127 Å². The van der Waals surface area contributed by atoms with Gasteiger partial charge in [0.15, 0.2) is 17.5 Å². The highest BCUT2D eigenvalue weighted by molar-refractivity contribution is 6.22. The Hall–Kier alpha value is -8.41. The summed E-state index contributed by atoms with van der Waals surface area (Å²) in [5.41, 5.74) is 10.1. The van der Waals surface area contributed by atoms with Gasteiger partial charge in [0.1, 0.15) is 11.2 Å². The molecule has 13 aromatic rings. The molecular weight excluding hydrogens is 757 g/mol. The second kappa shape index (κ2) is 13.6. The number of para-hydroxylation sites is 1. The lowest BCUT2D eigenvalue weighted by Crippen LogP contribution is -2.00. The average Bonchev–Trinajstić information content (AvgIpc) is 3.87. The fraction of sp³-hybridized carbons (Fsp3) is 0. The summed E-state index contributed by atoms with van der Waals surface area (Å²) < 4.78 is 9.21. The van der Waals surface area contributed by atoms with E-state index in [9.17, 15) is 0 Å². The van der Waals surface area contributed by atoms with Crippen molar-refractivity contribution in [3.63, 3.8) is 0 Å². The minimum atomic E-state index is 0.597. The summed E-state index contributed by atoms with van der Waals surface area (Å²) in [5, 5.41) is 11.4. The molecular formula is C57H34N4O. The van der Waals surface area contributed by atoms with Crippen LogP contribution in [0.15, 0.2) is 211 Å². The van der Waals surface area contributed by atoms with Gasteiger partial charge in [0.05, 0.1) is 16.7 Å². The van der Waals surface area contributed by atoms with E-state index >= 15 is 0 Å². The predicted octanol–water partition coefficient (Wildman–Crippen LogP) is 15.0. The molecule has 5 nitrogen and oxygen atoms in total. The molecule has 0 aliphatic carbocycles. The van der Waals surface area contributed by atoms with Crippen LogP contribution in [0.5, 0.6) is 0 Å². The van der Waals surface area contributed by atoms with Gasteiger partial charge >= 0.3 is 0 Å². The second-order valence-corrected chi connectivity index (χ2v) is 15.9. The molecule has 5 heteroatoms. The Morgan fingerprint density at radius 2 is 0.903 bits per heavy atom. The van der Waals surface area contributed by atoms with Crippen molar-refractivity contribution in [3.05, 3.63) is 206 Å². The van der Waals surface area contributed by atoms with E-state index in [1.165, 1.54) is 32.7 Å². The van der Waals surface area contributed by atoms with E-state index in [1.807, 2.05) is 18.2 Å². The molecule has 0 spiro atoms. The summed E-state index contributed by atoms with van der Waals surface area (Å²) in [5.74, 6) is 1.84. The molecule has 10 aromatic carbocycles. The average molecular weight is 791 g/mol. The number of rotatable bonds is 5. The standard InChI is InChI=1S/C57H34N4O/c1-3-15-35(16-4-1)40-28-29-46(42-22-10-9-21-41(40)42)57-59-55(36-17-5-2-6-18-36)58-56(60-57)39-27-30-52-48(32-39)54-45-25-12-11-23-43(45)51(34-53(54)62-52)61-49-26-14-13-24-44(49)47-31-37-19-7-8-20-38(37)33-50(47)61/h1-34H. The summed E-state index contributed by atoms with van der Waals surface area (Å²) in [7, 11) is 0. The fourth-order valence-electron chi connectivity index (χ4n) is 9.57. The molecule has 0 N–H and O–H groups in total. The number of hydrogen-bond acceptors (Lipinski definition) is 4. The summed E-state index contributed by atoms with van der Waals surface area (Å²) in [6.07, 6.45) is 0. The third-order valence-electron chi connectivity index (χ3n) is 12.4. The first-order chi connectivity index (χ1) is 30.7. The summed E-state index contributed by atoms with van der Waals surface area (Å²) >= 11 is 0. The highest BCUT2D eigenvalue weighted by Crippen LogP contribution is 2.43. The molecule has 0 amide bonds. The summed E-state index contributed by atoms with van der Waals surface area (Å²) in [6, 6.07) is 72.7. The van der Waals surface area contributed by atoms with Crippen LogP contribution in [0, 0.1) is 0 Å². The fourth-order valence-corrected chi connectivity index (χ4v) is 9.57. The van der Waals surface area contributed by atoms with Crippen molar-refractivity contribution < 1.29 is 4.42 Å². The lowest BCUT2D eigenvalue weighted by Gasteiger charge is -2.13. The van der Waals surface area contributed by atoms with E-state index in [0.717, 1.165) is 76.9 Å². The molecule has 62 heavy (non-hydrogen) atoms. The Morgan fingerprint density at radius 1 is 0.323 bits per heavy atom. The molecule has 13 rings (SSSR count). The molecule has 0 radical (unpaired) electrons. The third-order valence-corrected chi connectivity index (χ3v) is 12.4. The minimum absolute atomic E-state index is 0.597. The van der Waals surface area contributed by atoms with Crippen molar-refractivity contribution in [1.82, 2.24) is 19.5 Å². The summed E-state index contributed by atoms with van der Waals surface area (Å²) in [4.78, 5) is 15.6. The van der Waals surface area contributed by atoms with Crippen LogP contribution in [0.3, 0.4) is 0 Å². The molecule has 0 bridgehead atoms. The molecule has 0 unspecified atom stereocenters. The van der Waals surface area contributed by atoms with Crippen molar-refractivity contribution in [3.8, 4) is 51.0 Å². The maximum Gasteiger partial charge on any atom is 0.164 e. The monoisotopic (exact) mass is 790 g/mol. The topological polar surface area (TPSA) is 56.7 Å². The normalized spacial score (nSPS) is 11.9. The minimum Gasteiger partial charge on any atom is -0.456 e. The number of aromatic nitrogens is 4. The van der Waals surface area contributed by atoms with Crippen LogP contribution in [0.2, 0.25) is 0 Å². The molecule has 0 fully saturated rings. The van der Waals surface area contributed by atoms with Gasteiger partial charge in [-0.2, -0.15) is 0 Å². The van der Waals surface area contributed by atoms with E-state index in [0.29, 0.717) is 17.5 Å². The molecule has 0 aliphatic heterocycles. The second-order valence-electron chi connectivity index (χ2n) is 15.9. The lowest BCUT2D eigenvalue weighted by molar-refractivity contribution is 0.669. The van der Waals surface area contributed by atoms with Crippen LogP contribution in [0.1, 0.15) is 0 Å². The first kappa shape index (κ1) is 34.5. The van der Waals surface area contributed by atoms with Crippen molar-refractivity contribution in [1.29, 1.82) is 0 Å². The van der Waals surface area contributed by atoms with Gasteiger partial charge in [0, 0.05) is 49.7 Å². The van der Waals surface area contributed by atoms with Crippen LogP contribution < -0.4 is 0 Å². The van der Waals surface area contributed by atoms with Gasteiger partial charge < -0.3 is 8.98 Å². The largest absolute Gasteiger partial charge is 0.456 e. The smallest absolute Gasteiger partial charge is 0.164 e. The number of fused-ring (bicyclic) bond motifs is 10. The molecule has 0 saturated carbocycles. The molecule has 0 aliphatic rings. The van der Waals surface area contributed by atoms with Crippen molar-refractivity contribution in [2.45, 2.75) is 0 Å². The van der Waals surface area contributed by atoms with E-state index in [2.05, 4.69) is 193 Å². The van der Waals surface area contributed by atoms with Crippen LogP contribution in [-0.4, -0.2) is 19.5 Å². The SMILES string of the molecule is c1ccc(-c2nc(-c3ccc4oc5cc(-n6c7ccccc7c7cc8ccccc8cc76)c6ccccc6c5c4c3)nc(-c3ccc(-c4ccccc4)c4ccccc34)n2)cc1. The Balaban J connectivity index is 1.02. The van der Waals surface area contributed by atoms with E-state index < -0.39 is 0 Å². The van der Waals surface area contributed by atoms with Crippen LogP contribution in [-0.2, 0) is 0 Å². The maximum absolute atomic E-state index is 6.80. The molecule has 0 atom stereocenters. The Kier molecular flexibility index (Phi) is 7.54. The van der Waals surface area contributed by atoms with Crippen LogP contribution in [0.4, 0.5) is 0 Å². The number of nitrogens with zero attached hydrogens (tertiary/aromatic N) is 4. The Morgan fingerprint density at radius 3 is 1.68 bits per heavy atom. The van der Waals surface area contributed by atoms with E-state index in [4.69, 9.17) is 19.4 Å². The maximum atomic E-state index is 6.80. The number of furan rings is 1. The van der Waals surface area contributed by atoms with E-state index in [1.54, 1.807) is 0 Å². The zero-order valence-electron chi connectivity index (χ0n) is 33.3. The summed E-state index contributed by atoms with van der Waals surface area (Å²) in [6.45, 7) is 0. The van der Waals surface area contributed by atoms with Crippen LogP contribution >= 0.6 is 0 Å². The lowest BCUT2D eigenvalue weighted by atomic mass is 9.94. The molecule has 3 aromatic heterocycles. The van der Waals surface area contributed by atoms with Gasteiger partial charge in [-0.25, -0.2) is 15.0 Å². The molecule has 3 heterocycles. The molecule has 0 saturated heterocycles. The zero-order valence-corrected chi connectivity index (χ0v) is 33.3. The van der Waals surface area contributed by atoms with Gasteiger partial charge in [-0.15, -0.1) is 0 Å². The number of benzene rings is 10. The number of hydrogen-bond donors (Lipinski definition) is 0. The van der Waals surface area contributed by atoms with Gasteiger partial charge in [-0.05, 0) is 80.5 Å². The van der Waals surface area contributed by atoms with Gasteiger partial charge in [0.2, 0.25) is 0 Å². The van der Waals surface area contributed by atoms with Crippen molar-refractivity contribution >= 4 is 76.1 Å². The predicted molar refractivity (Wildman–Crippen MR) is 256 cm³/mol. The van der Waals surface area contributed by atoms with Gasteiger partial charge in [-0.1, -0.05) is 158 Å². The zero-order chi connectivity index (χ0) is 40.7. The Bertz CT molecular complexity index is 3920. The Labute approximate surface area is 355 Å². The molecule has 288 valence electrons. The third kappa shape index (κ3) is 5.32. The van der Waals surface area contributed by atoms with E-state index in [-0.39, 0.29) is 0 Å². The van der Waals surface area contributed by atoms with Gasteiger partial charge in [0.25, 0.3) is 0 Å². The first-order valence-electron chi connectivity index (χ1n) is 20.9. The first-order valence-corrected chi connectivity index (χ1v) is 20.9.